The summed E-state index contributed by atoms with van der Waals surface area (Å²) in [5, 5.41) is 3.69. The lowest BCUT2D eigenvalue weighted by molar-refractivity contribution is 0.381. The van der Waals surface area contributed by atoms with E-state index in [1.165, 1.54) is 41.9 Å². The molecule has 0 aromatic carbocycles. The Hall–Kier alpha value is -0.340. The van der Waals surface area contributed by atoms with Gasteiger partial charge in [0, 0.05) is 22.3 Å². The molecule has 2 rings (SSSR count). The molecule has 1 saturated carbocycles. The SMILES string of the molecule is CCc1ccc(CN[C@@H](C)C2CCCC2)s1. The molecule has 1 N–H and O–H groups in total. The molecule has 0 amide bonds. The Bertz CT molecular complexity index is 312. The van der Waals surface area contributed by atoms with Crippen molar-refractivity contribution in [1.29, 1.82) is 0 Å². The Labute approximate surface area is 103 Å². The van der Waals surface area contributed by atoms with Gasteiger partial charge in [0.15, 0.2) is 0 Å². The van der Waals surface area contributed by atoms with E-state index < -0.39 is 0 Å². The van der Waals surface area contributed by atoms with Gasteiger partial charge in [-0.15, -0.1) is 11.3 Å². The molecule has 90 valence electrons. The highest BCUT2D eigenvalue weighted by Gasteiger charge is 2.20. The molecule has 1 nitrogen and oxygen atoms in total. The standard InChI is InChI=1S/C14H23NS/c1-3-13-8-9-14(16-13)10-15-11(2)12-6-4-5-7-12/h8-9,11-12,15H,3-7,10H2,1-2H3/t11-/m0/s1. The van der Waals surface area contributed by atoms with E-state index >= 15 is 0 Å². The molecule has 1 aliphatic rings. The molecule has 16 heavy (non-hydrogen) atoms. The van der Waals surface area contributed by atoms with Crippen molar-refractivity contribution < 1.29 is 0 Å². The summed E-state index contributed by atoms with van der Waals surface area (Å²) in [6.45, 7) is 5.64. The number of rotatable bonds is 5. The molecular weight excluding hydrogens is 214 g/mol. The molecule has 1 aromatic rings. The average molecular weight is 237 g/mol. The van der Waals surface area contributed by atoms with Gasteiger partial charge in [-0.05, 0) is 44.2 Å². The Balaban J connectivity index is 1.77. The van der Waals surface area contributed by atoms with E-state index in [9.17, 15) is 0 Å². The third kappa shape index (κ3) is 3.08. The van der Waals surface area contributed by atoms with Gasteiger partial charge in [0.2, 0.25) is 0 Å². The van der Waals surface area contributed by atoms with Crippen LogP contribution in [-0.2, 0) is 13.0 Å². The summed E-state index contributed by atoms with van der Waals surface area (Å²) < 4.78 is 0. The molecule has 1 fully saturated rings. The van der Waals surface area contributed by atoms with Gasteiger partial charge < -0.3 is 5.32 Å². The van der Waals surface area contributed by atoms with Crippen molar-refractivity contribution in [3.63, 3.8) is 0 Å². The first-order valence-corrected chi connectivity index (χ1v) is 7.42. The Morgan fingerprint density at radius 1 is 1.31 bits per heavy atom. The molecule has 0 radical (unpaired) electrons. The van der Waals surface area contributed by atoms with E-state index in [-0.39, 0.29) is 0 Å². The van der Waals surface area contributed by atoms with Gasteiger partial charge in [-0.1, -0.05) is 19.8 Å². The molecule has 0 unspecified atom stereocenters. The maximum atomic E-state index is 3.69. The van der Waals surface area contributed by atoms with Gasteiger partial charge in [-0.2, -0.15) is 0 Å². The van der Waals surface area contributed by atoms with Gasteiger partial charge in [0.05, 0.1) is 0 Å². The Morgan fingerprint density at radius 2 is 2.00 bits per heavy atom. The fourth-order valence-electron chi connectivity index (χ4n) is 2.59. The van der Waals surface area contributed by atoms with E-state index in [4.69, 9.17) is 0 Å². The minimum absolute atomic E-state index is 0.690. The second-order valence-electron chi connectivity index (χ2n) is 4.94. The number of aryl methyl sites for hydroxylation is 1. The van der Waals surface area contributed by atoms with Crippen molar-refractivity contribution in [2.24, 2.45) is 5.92 Å². The largest absolute Gasteiger partial charge is 0.309 e. The maximum absolute atomic E-state index is 3.69. The zero-order valence-electron chi connectivity index (χ0n) is 10.5. The fraction of sp³-hybridized carbons (Fsp3) is 0.714. The zero-order chi connectivity index (χ0) is 11.4. The highest BCUT2D eigenvalue weighted by Crippen LogP contribution is 2.27. The van der Waals surface area contributed by atoms with Gasteiger partial charge in [-0.25, -0.2) is 0 Å². The van der Waals surface area contributed by atoms with Crippen LogP contribution in [0.5, 0.6) is 0 Å². The van der Waals surface area contributed by atoms with Gasteiger partial charge >= 0.3 is 0 Å². The summed E-state index contributed by atoms with van der Waals surface area (Å²) >= 11 is 1.95. The van der Waals surface area contributed by atoms with E-state index in [1.54, 1.807) is 0 Å². The van der Waals surface area contributed by atoms with Crippen molar-refractivity contribution in [2.45, 2.75) is 58.5 Å². The van der Waals surface area contributed by atoms with Gasteiger partial charge in [0.25, 0.3) is 0 Å². The van der Waals surface area contributed by atoms with Crippen LogP contribution < -0.4 is 5.32 Å². The average Bonchev–Trinajstić information content (AvgIpc) is 2.96. The molecule has 0 aliphatic heterocycles. The summed E-state index contributed by atoms with van der Waals surface area (Å²) in [6.07, 6.45) is 6.91. The van der Waals surface area contributed by atoms with Crippen LogP contribution in [0, 0.1) is 5.92 Å². The second kappa shape index (κ2) is 5.83. The lowest BCUT2D eigenvalue weighted by Gasteiger charge is -2.19. The monoisotopic (exact) mass is 237 g/mol. The zero-order valence-corrected chi connectivity index (χ0v) is 11.3. The lowest BCUT2D eigenvalue weighted by atomic mass is 10.00. The van der Waals surface area contributed by atoms with Crippen LogP contribution in [0.4, 0.5) is 0 Å². The molecule has 0 spiro atoms. The number of hydrogen-bond acceptors (Lipinski definition) is 2. The molecule has 2 heteroatoms. The van der Waals surface area contributed by atoms with Crippen molar-refractivity contribution in [2.75, 3.05) is 0 Å². The van der Waals surface area contributed by atoms with Crippen molar-refractivity contribution in [3.8, 4) is 0 Å². The topological polar surface area (TPSA) is 12.0 Å². The quantitative estimate of drug-likeness (QED) is 0.817. The highest BCUT2D eigenvalue weighted by atomic mass is 32.1. The first-order valence-electron chi connectivity index (χ1n) is 6.60. The lowest BCUT2D eigenvalue weighted by Crippen LogP contribution is -2.31. The Kier molecular flexibility index (Phi) is 4.42. The summed E-state index contributed by atoms with van der Waals surface area (Å²) in [6, 6.07) is 5.23. The van der Waals surface area contributed by atoms with Gasteiger partial charge in [0.1, 0.15) is 0 Å². The first kappa shape index (κ1) is 12.1. The number of nitrogens with one attached hydrogen (secondary N) is 1. The molecule has 1 heterocycles. The van der Waals surface area contributed by atoms with E-state index in [0.717, 1.165) is 12.5 Å². The highest BCUT2D eigenvalue weighted by molar-refractivity contribution is 7.11. The molecule has 1 aliphatic carbocycles. The third-order valence-electron chi connectivity index (χ3n) is 3.77. The van der Waals surface area contributed by atoms with E-state index in [2.05, 4.69) is 31.3 Å². The van der Waals surface area contributed by atoms with Crippen LogP contribution in [0.2, 0.25) is 0 Å². The molecule has 0 saturated heterocycles. The fourth-order valence-corrected chi connectivity index (χ4v) is 3.50. The predicted octanol–water partition coefficient (Wildman–Crippen LogP) is 3.98. The van der Waals surface area contributed by atoms with E-state index in [0.29, 0.717) is 6.04 Å². The number of hydrogen-bond donors (Lipinski definition) is 1. The maximum Gasteiger partial charge on any atom is 0.0302 e. The smallest absolute Gasteiger partial charge is 0.0302 e. The van der Waals surface area contributed by atoms with Crippen LogP contribution in [0.25, 0.3) is 0 Å². The third-order valence-corrected chi connectivity index (χ3v) is 5.00. The minimum atomic E-state index is 0.690. The summed E-state index contributed by atoms with van der Waals surface area (Å²) in [5.74, 6) is 0.922. The first-order chi connectivity index (χ1) is 7.79. The van der Waals surface area contributed by atoms with Crippen LogP contribution in [0.3, 0.4) is 0 Å². The van der Waals surface area contributed by atoms with Crippen LogP contribution in [0.1, 0.15) is 49.3 Å². The van der Waals surface area contributed by atoms with E-state index in [1.807, 2.05) is 11.3 Å². The summed E-state index contributed by atoms with van der Waals surface area (Å²) in [7, 11) is 0. The summed E-state index contributed by atoms with van der Waals surface area (Å²) in [5.41, 5.74) is 0. The molecule has 1 aromatic heterocycles. The van der Waals surface area contributed by atoms with Crippen molar-refractivity contribution in [3.05, 3.63) is 21.9 Å². The molecule has 0 bridgehead atoms. The number of thiophene rings is 1. The van der Waals surface area contributed by atoms with Crippen LogP contribution >= 0.6 is 11.3 Å². The summed E-state index contributed by atoms with van der Waals surface area (Å²) in [4.78, 5) is 2.99. The van der Waals surface area contributed by atoms with Crippen LogP contribution in [-0.4, -0.2) is 6.04 Å². The second-order valence-corrected chi connectivity index (χ2v) is 6.19. The normalized spacial score (nSPS) is 19.1. The molecular formula is C14H23NS. The van der Waals surface area contributed by atoms with Gasteiger partial charge in [-0.3, -0.25) is 0 Å². The van der Waals surface area contributed by atoms with Crippen molar-refractivity contribution in [1.82, 2.24) is 5.32 Å². The van der Waals surface area contributed by atoms with Crippen molar-refractivity contribution >= 4 is 11.3 Å². The molecule has 1 atom stereocenters. The minimum Gasteiger partial charge on any atom is -0.309 e. The van der Waals surface area contributed by atoms with Crippen LogP contribution in [0.15, 0.2) is 12.1 Å². The Morgan fingerprint density at radius 3 is 2.62 bits per heavy atom. The predicted molar refractivity (Wildman–Crippen MR) is 72.0 cm³/mol.